The Bertz CT molecular complexity index is 578. The number of hydrogen-bond donors (Lipinski definition) is 2. The number of guanidine groups is 1. The molecule has 7 heteroatoms. The van der Waals surface area contributed by atoms with E-state index in [2.05, 4.69) is 60.4 Å². The fraction of sp³-hybridized carbons (Fsp3) is 0.778. The molecule has 1 saturated carbocycles. The molecule has 1 aromatic rings. The fourth-order valence-corrected chi connectivity index (χ4v) is 3.13. The number of halogens is 1. The van der Waals surface area contributed by atoms with Crippen molar-refractivity contribution in [2.75, 3.05) is 20.6 Å². The van der Waals surface area contributed by atoms with Gasteiger partial charge in [-0.3, -0.25) is 14.6 Å². The summed E-state index contributed by atoms with van der Waals surface area (Å²) in [7, 11) is 6.05. The second-order valence-corrected chi connectivity index (χ2v) is 7.22. The molecule has 2 rings (SSSR count). The Morgan fingerprint density at radius 2 is 2.00 bits per heavy atom. The van der Waals surface area contributed by atoms with Gasteiger partial charge in [-0.05, 0) is 59.6 Å². The van der Waals surface area contributed by atoms with Crippen LogP contribution in [0.15, 0.2) is 4.99 Å². The number of aryl methyl sites for hydroxylation is 2. The van der Waals surface area contributed by atoms with Crippen LogP contribution in [0.2, 0.25) is 0 Å². The highest BCUT2D eigenvalue weighted by Gasteiger charge is 2.29. The van der Waals surface area contributed by atoms with Crippen molar-refractivity contribution in [1.82, 2.24) is 25.3 Å². The van der Waals surface area contributed by atoms with Crippen molar-refractivity contribution in [3.8, 4) is 0 Å². The molecule has 1 fully saturated rings. The lowest BCUT2D eigenvalue weighted by Gasteiger charge is -2.26. The van der Waals surface area contributed by atoms with Gasteiger partial charge in [-0.2, -0.15) is 5.10 Å². The number of aromatic nitrogens is 2. The lowest BCUT2D eigenvalue weighted by molar-refractivity contribution is 0.247. The van der Waals surface area contributed by atoms with Crippen molar-refractivity contribution in [1.29, 1.82) is 0 Å². The molecule has 0 amide bonds. The van der Waals surface area contributed by atoms with E-state index in [0.717, 1.165) is 30.7 Å². The largest absolute Gasteiger partial charge is 0.355 e. The number of hydrogen-bond acceptors (Lipinski definition) is 3. The molecule has 1 aromatic heterocycles. The van der Waals surface area contributed by atoms with E-state index in [-0.39, 0.29) is 24.0 Å². The van der Waals surface area contributed by atoms with Crippen LogP contribution in [0, 0.1) is 13.8 Å². The predicted molar refractivity (Wildman–Crippen MR) is 116 cm³/mol. The number of rotatable bonds is 7. The van der Waals surface area contributed by atoms with Crippen LogP contribution in [0.5, 0.6) is 0 Å². The van der Waals surface area contributed by atoms with Gasteiger partial charge in [0.2, 0.25) is 0 Å². The molecule has 1 heterocycles. The van der Waals surface area contributed by atoms with Gasteiger partial charge in [0, 0.05) is 44.5 Å². The summed E-state index contributed by atoms with van der Waals surface area (Å²) in [6.07, 6.45) is 3.63. The van der Waals surface area contributed by atoms with E-state index in [0.29, 0.717) is 12.1 Å². The molecule has 1 aliphatic carbocycles. The molecule has 2 N–H and O–H groups in total. The molecule has 0 spiro atoms. The maximum absolute atomic E-state index is 4.50. The first-order chi connectivity index (χ1) is 11.3. The summed E-state index contributed by atoms with van der Waals surface area (Å²) >= 11 is 0. The van der Waals surface area contributed by atoms with Gasteiger partial charge in [0.05, 0.1) is 5.69 Å². The van der Waals surface area contributed by atoms with Crippen LogP contribution >= 0.6 is 24.0 Å². The number of likely N-dealkylation sites (N-methyl/N-ethyl adjacent to an activating group) is 1. The van der Waals surface area contributed by atoms with Crippen molar-refractivity contribution in [2.45, 2.75) is 65.1 Å². The van der Waals surface area contributed by atoms with Crippen molar-refractivity contribution < 1.29 is 0 Å². The maximum atomic E-state index is 4.50. The lowest BCUT2D eigenvalue weighted by atomic mass is 10.1. The van der Waals surface area contributed by atoms with E-state index < -0.39 is 0 Å². The Morgan fingerprint density at radius 3 is 2.48 bits per heavy atom. The van der Waals surface area contributed by atoms with Crippen LogP contribution < -0.4 is 10.6 Å². The Morgan fingerprint density at radius 1 is 1.36 bits per heavy atom. The molecule has 144 valence electrons. The highest BCUT2D eigenvalue weighted by Crippen LogP contribution is 2.26. The minimum Gasteiger partial charge on any atom is -0.355 e. The molecule has 0 aliphatic heterocycles. The van der Waals surface area contributed by atoms with E-state index in [1.165, 1.54) is 24.1 Å². The average molecular weight is 462 g/mol. The Hall–Kier alpha value is -0.830. The number of nitrogens with zero attached hydrogens (tertiary/aromatic N) is 4. The summed E-state index contributed by atoms with van der Waals surface area (Å²) in [6.45, 7) is 9.58. The van der Waals surface area contributed by atoms with Crippen LogP contribution in [0.25, 0.3) is 0 Å². The summed E-state index contributed by atoms with van der Waals surface area (Å²) in [5.74, 6) is 0.873. The van der Waals surface area contributed by atoms with Gasteiger partial charge in [-0.1, -0.05) is 0 Å². The van der Waals surface area contributed by atoms with Crippen molar-refractivity contribution in [3.05, 3.63) is 17.0 Å². The molecule has 0 bridgehead atoms. The zero-order valence-electron chi connectivity index (χ0n) is 16.8. The predicted octanol–water partition coefficient (Wildman–Crippen LogP) is 2.23. The van der Waals surface area contributed by atoms with Gasteiger partial charge in [-0.15, -0.1) is 24.0 Å². The number of aliphatic imine (C=N–C) groups is 1. The van der Waals surface area contributed by atoms with E-state index >= 15 is 0 Å². The number of nitrogens with one attached hydrogen (secondary N) is 2. The first-order valence-corrected chi connectivity index (χ1v) is 9.01. The highest BCUT2D eigenvalue weighted by atomic mass is 127. The van der Waals surface area contributed by atoms with Gasteiger partial charge in [0.25, 0.3) is 0 Å². The molecule has 25 heavy (non-hydrogen) atoms. The van der Waals surface area contributed by atoms with E-state index in [1.807, 2.05) is 18.8 Å². The molecular weight excluding hydrogens is 427 g/mol. The summed E-state index contributed by atoms with van der Waals surface area (Å²) in [6, 6.07) is 1.59. The van der Waals surface area contributed by atoms with Crippen molar-refractivity contribution in [2.24, 2.45) is 12.0 Å². The summed E-state index contributed by atoms with van der Waals surface area (Å²) < 4.78 is 1.96. The molecule has 1 aliphatic rings. The van der Waals surface area contributed by atoms with Gasteiger partial charge in [0.15, 0.2) is 5.96 Å². The fourth-order valence-electron chi connectivity index (χ4n) is 3.13. The quantitative estimate of drug-likeness (QED) is 0.371. The molecule has 6 nitrogen and oxygen atoms in total. The third kappa shape index (κ3) is 6.13. The second kappa shape index (κ2) is 9.75. The normalized spacial score (nSPS) is 17.2. The van der Waals surface area contributed by atoms with Crippen LogP contribution in [0.1, 0.15) is 43.6 Å². The summed E-state index contributed by atoms with van der Waals surface area (Å²) in [5, 5.41) is 11.5. The molecule has 0 radical (unpaired) electrons. The minimum atomic E-state index is 0. The van der Waals surface area contributed by atoms with E-state index in [9.17, 15) is 0 Å². The highest BCUT2D eigenvalue weighted by molar-refractivity contribution is 14.0. The smallest absolute Gasteiger partial charge is 0.191 e. The molecule has 2 unspecified atom stereocenters. The summed E-state index contributed by atoms with van der Waals surface area (Å²) in [4.78, 5) is 6.83. The lowest BCUT2D eigenvalue weighted by Crippen LogP contribution is -2.48. The monoisotopic (exact) mass is 462 g/mol. The van der Waals surface area contributed by atoms with Crippen LogP contribution in [-0.4, -0.2) is 59.4 Å². The third-order valence-corrected chi connectivity index (χ3v) is 5.16. The maximum Gasteiger partial charge on any atom is 0.191 e. The van der Waals surface area contributed by atoms with Crippen molar-refractivity contribution >= 4 is 29.9 Å². The van der Waals surface area contributed by atoms with Gasteiger partial charge < -0.3 is 10.6 Å². The molecule has 0 saturated heterocycles. The zero-order valence-corrected chi connectivity index (χ0v) is 19.1. The Balaban J connectivity index is 0.00000312. The average Bonchev–Trinajstić information content (AvgIpc) is 3.35. The zero-order chi connectivity index (χ0) is 17.9. The van der Waals surface area contributed by atoms with Gasteiger partial charge >= 0.3 is 0 Å². The minimum absolute atomic E-state index is 0. The van der Waals surface area contributed by atoms with Crippen LogP contribution in [-0.2, 0) is 13.5 Å². The Kier molecular flexibility index (Phi) is 8.67. The second-order valence-electron chi connectivity index (χ2n) is 7.22. The SMILES string of the molecule is CN=C(NCC(C)N(C)C1CC1)NC(C)Cc1c(C)nn(C)c1C.I. The van der Waals surface area contributed by atoms with Gasteiger partial charge in [-0.25, -0.2) is 0 Å². The Labute approximate surface area is 169 Å². The topological polar surface area (TPSA) is 57.5 Å². The molecule has 2 atom stereocenters. The first kappa shape index (κ1) is 22.2. The standard InChI is InChI=1S/C18H34N6.HI/c1-12(10-17-14(3)22-24(7)15(17)4)21-18(19-5)20-11-13(2)23(6)16-8-9-16;/h12-13,16H,8-11H2,1-7H3,(H2,19,20,21);1H. The van der Waals surface area contributed by atoms with E-state index in [1.54, 1.807) is 0 Å². The van der Waals surface area contributed by atoms with Crippen LogP contribution in [0.3, 0.4) is 0 Å². The van der Waals surface area contributed by atoms with Crippen LogP contribution in [0.4, 0.5) is 0 Å². The summed E-state index contributed by atoms with van der Waals surface area (Å²) in [5.41, 5.74) is 3.69. The molecule has 0 aromatic carbocycles. The van der Waals surface area contributed by atoms with Gasteiger partial charge in [0.1, 0.15) is 0 Å². The first-order valence-electron chi connectivity index (χ1n) is 9.01. The third-order valence-electron chi connectivity index (χ3n) is 5.16. The molecular formula is C18H35IN6. The van der Waals surface area contributed by atoms with E-state index in [4.69, 9.17) is 0 Å². The van der Waals surface area contributed by atoms with Crippen molar-refractivity contribution in [3.63, 3.8) is 0 Å².